The summed E-state index contributed by atoms with van der Waals surface area (Å²) >= 11 is 0. The number of morpholine rings is 1. The summed E-state index contributed by atoms with van der Waals surface area (Å²) in [5.41, 5.74) is 1.94. The van der Waals surface area contributed by atoms with Crippen LogP contribution in [0.25, 0.3) is 11.4 Å². The number of nitrogens with zero attached hydrogens (tertiary/aromatic N) is 3. The molecule has 1 aromatic heterocycles. The van der Waals surface area contributed by atoms with E-state index in [2.05, 4.69) is 23.8 Å². The summed E-state index contributed by atoms with van der Waals surface area (Å²) < 4.78 is 5.57. The van der Waals surface area contributed by atoms with E-state index in [0.29, 0.717) is 36.8 Å². The third kappa shape index (κ3) is 3.04. The molecule has 1 unspecified atom stereocenters. The van der Waals surface area contributed by atoms with E-state index >= 15 is 0 Å². The van der Waals surface area contributed by atoms with Crippen LogP contribution >= 0.6 is 0 Å². The van der Waals surface area contributed by atoms with Gasteiger partial charge in [-0.3, -0.25) is 4.79 Å². The van der Waals surface area contributed by atoms with Crippen molar-refractivity contribution < 1.29 is 9.53 Å². The molecule has 1 saturated heterocycles. The van der Waals surface area contributed by atoms with Crippen LogP contribution in [0.1, 0.15) is 36.3 Å². The second-order valence-corrected chi connectivity index (χ2v) is 6.42. The number of rotatable bonds is 3. The van der Waals surface area contributed by atoms with Gasteiger partial charge in [0, 0.05) is 18.3 Å². The highest BCUT2D eigenvalue weighted by Gasteiger charge is 2.37. The summed E-state index contributed by atoms with van der Waals surface area (Å²) in [6.45, 7) is 7.75. The van der Waals surface area contributed by atoms with Gasteiger partial charge in [-0.25, -0.2) is 9.97 Å². The summed E-state index contributed by atoms with van der Waals surface area (Å²) in [6, 6.07) is 9.79. The van der Waals surface area contributed by atoms with Gasteiger partial charge in [-0.05, 0) is 20.3 Å². The van der Waals surface area contributed by atoms with Gasteiger partial charge in [0.05, 0.1) is 30.0 Å². The molecule has 0 bridgehead atoms. The molecular weight excluding hydrogens is 302 g/mol. The molecule has 24 heavy (non-hydrogen) atoms. The fourth-order valence-electron chi connectivity index (χ4n) is 2.98. The van der Waals surface area contributed by atoms with Gasteiger partial charge in [-0.1, -0.05) is 37.3 Å². The minimum Gasteiger partial charge on any atom is -0.377 e. The summed E-state index contributed by atoms with van der Waals surface area (Å²) in [7, 11) is 0. The average molecular weight is 325 g/mol. The van der Waals surface area contributed by atoms with Crippen LogP contribution in [0.5, 0.6) is 0 Å². The van der Waals surface area contributed by atoms with Crippen molar-refractivity contribution in [3.8, 4) is 11.4 Å². The third-order valence-corrected chi connectivity index (χ3v) is 4.77. The zero-order valence-electron chi connectivity index (χ0n) is 14.5. The van der Waals surface area contributed by atoms with Gasteiger partial charge in [0.1, 0.15) is 0 Å². The Morgan fingerprint density at radius 1 is 1.33 bits per heavy atom. The molecule has 1 atom stereocenters. The first kappa shape index (κ1) is 16.6. The molecule has 0 saturated carbocycles. The molecule has 0 aliphatic carbocycles. The second kappa shape index (κ2) is 6.69. The van der Waals surface area contributed by atoms with E-state index < -0.39 is 0 Å². The Bertz CT molecular complexity index is 733. The fraction of sp³-hybridized carbons (Fsp3) is 0.421. The Balaban J connectivity index is 1.91. The van der Waals surface area contributed by atoms with Crippen LogP contribution in [0.4, 0.5) is 0 Å². The molecule has 126 valence electrons. The fourth-order valence-corrected chi connectivity index (χ4v) is 2.98. The van der Waals surface area contributed by atoms with Gasteiger partial charge in [0.15, 0.2) is 5.82 Å². The van der Waals surface area contributed by atoms with E-state index in [1.807, 2.05) is 42.2 Å². The van der Waals surface area contributed by atoms with Crippen LogP contribution in [-0.2, 0) is 4.74 Å². The van der Waals surface area contributed by atoms with Crippen LogP contribution in [0.2, 0.25) is 0 Å². The van der Waals surface area contributed by atoms with Crippen LogP contribution in [0.15, 0.2) is 36.5 Å². The number of benzene rings is 1. The molecule has 5 nitrogen and oxygen atoms in total. The molecule has 1 aliphatic heterocycles. The minimum absolute atomic E-state index is 0.0141. The molecule has 0 spiro atoms. The number of carbonyl (C=O) groups is 1. The lowest BCUT2D eigenvalue weighted by atomic mass is 9.95. The van der Waals surface area contributed by atoms with Crippen molar-refractivity contribution in [1.82, 2.24) is 14.9 Å². The number of carbonyl (C=O) groups excluding carboxylic acids is 1. The van der Waals surface area contributed by atoms with Crippen molar-refractivity contribution in [2.45, 2.75) is 32.7 Å². The SMILES string of the molecule is CCC1(C)COCCN1C(=O)c1cnc(-c2ccccc2)nc1C. The Labute approximate surface area is 142 Å². The molecule has 2 aromatic rings. The van der Waals surface area contributed by atoms with Gasteiger partial charge in [-0.2, -0.15) is 0 Å². The maximum atomic E-state index is 13.0. The highest BCUT2D eigenvalue weighted by molar-refractivity contribution is 5.95. The Hall–Kier alpha value is -2.27. The van der Waals surface area contributed by atoms with E-state index in [9.17, 15) is 4.79 Å². The van der Waals surface area contributed by atoms with Crippen molar-refractivity contribution in [2.75, 3.05) is 19.8 Å². The number of aromatic nitrogens is 2. The van der Waals surface area contributed by atoms with Gasteiger partial charge in [0.2, 0.25) is 0 Å². The lowest BCUT2D eigenvalue weighted by Gasteiger charge is -2.44. The van der Waals surface area contributed by atoms with Gasteiger partial charge in [-0.15, -0.1) is 0 Å². The van der Waals surface area contributed by atoms with E-state index in [-0.39, 0.29) is 11.4 Å². The predicted molar refractivity (Wildman–Crippen MR) is 92.8 cm³/mol. The summed E-state index contributed by atoms with van der Waals surface area (Å²) in [5, 5.41) is 0. The van der Waals surface area contributed by atoms with Crippen LogP contribution in [-0.4, -0.2) is 46.1 Å². The molecule has 0 radical (unpaired) electrons. The van der Waals surface area contributed by atoms with Gasteiger partial charge < -0.3 is 9.64 Å². The van der Waals surface area contributed by atoms with Crippen LogP contribution < -0.4 is 0 Å². The molecule has 1 aromatic carbocycles. The van der Waals surface area contributed by atoms with Gasteiger partial charge in [0.25, 0.3) is 5.91 Å². The monoisotopic (exact) mass is 325 g/mol. The summed E-state index contributed by atoms with van der Waals surface area (Å²) in [5.74, 6) is 0.629. The Morgan fingerprint density at radius 3 is 2.75 bits per heavy atom. The molecule has 5 heteroatoms. The van der Waals surface area contributed by atoms with E-state index in [4.69, 9.17) is 4.74 Å². The van der Waals surface area contributed by atoms with Gasteiger partial charge >= 0.3 is 0 Å². The summed E-state index contributed by atoms with van der Waals surface area (Å²) in [6.07, 6.45) is 2.50. The average Bonchev–Trinajstić information content (AvgIpc) is 2.62. The maximum absolute atomic E-state index is 13.0. The Morgan fingerprint density at radius 2 is 2.08 bits per heavy atom. The minimum atomic E-state index is -0.278. The smallest absolute Gasteiger partial charge is 0.257 e. The largest absolute Gasteiger partial charge is 0.377 e. The quantitative estimate of drug-likeness (QED) is 0.870. The number of hydrogen-bond acceptors (Lipinski definition) is 4. The standard InChI is InChI=1S/C19H23N3O2/c1-4-19(3)13-24-11-10-22(19)18(23)16-12-20-17(21-14(16)2)15-8-6-5-7-9-15/h5-9,12H,4,10-11,13H2,1-3H3. The highest BCUT2D eigenvalue weighted by Crippen LogP contribution is 2.26. The number of ether oxygens (including phenoxy) is 1. The second-order valence-electron chi connectivity index (χ2n) is 6.42. The molecule has 1 aliphatic rings. The molecule has 2 heterocycles. The normalized spacial score (nSPS) is 20.9. The Kier molecular flexibility index (Phi) is 4.62. The third-order valence-electron chi connectivity index (χ3n) is 4.77. The first-order valence-corrected chi connectivity index (χ1v) is 8.34. The topological polar surface area (TPSA) is 55.3 Å². The molecular formula is C19H23N3O2. The molecule has 0 N–H and O–H groups in total. The molecule has 1 amide bonds. The van der Waals surface area contributed by atoms with Crippen molar-refractivity contribution in [2.24, 2.45) is 0 Å². The van der Waals surface area contributed by atoms with E-state index in [0.717, 1.165) is 12.0 Å². The summed E-state index contributed by atoms with van der Waals surface area (Å²) in [4.78, 5) is 23.9. The van der Waals surface area contributed by atoms with E-state index in [1.54, 1.807) is 6.20 Å². The first-order chi connectivity index (χ1) is 11.5. The number of hydrogen-bond donors (Lipinski definition) is 0. The van der Waals surface area contributed by atoms with Crippen molar-refractivity contribution in [3.05, 3.63) is 47.8 Å². The van der Waals surface area contributed by atoms with Crippen molar-refractivity contribution >= 4 is 5.91 Å². The lowest BCUT2D eigenvalue weighted by molar-refractivity contribution is -0.0466. The zero-order chi connectivity index (χ0) is 17.2. The molecule has 3 rings (SSSR count). The first-order valence-electron chi connectivity index (χ1n) is 8.34. The lowest BCUT2D eigenvalue weighted by Crippen LogP contribution is -2.57. The number of amides is 1. The highest BCUT2D eigenvalue weighted by atomic mass is 16.5. The zero-order valence-corrected chi connectivity index (χ0v) is 14.5. The van der Waals surface area contributed by atoms with Crippen LogP contribution in [0.3, 0.4) is 0 Å². The van der Waals surface area contributed by atoms with E-state index in [1.165, 1.54) is 0 Å². The molecule has 1 fully saturated rings. The van der Waals surface area contributed by atoms with Crippen molar-refractivity contribution in [3.63, 3.8) is 0 Å². The predicted octanol–water partition coefficient (Wildman–Crippen LogP) is 3.09. The maximum Gasteiger partial charge on any atom is 0.257 e. The van der Waals surface area contributed by atoms with Crippen LogP contribution in [0, 0.1) is 6.92 Å². The number of aryl methyl sites for hydroxylation is 1. The van der Waals surface area contributed by atoms with Crippen molar-refractivity contribution in [1.29, 1.82) is 0 Å².